The number of hydrogen-bond donors (Lipinski definition) is 1. The molecule has 0 atom stereocenters. The number of likely N-dealkylation sites (tertiary alicyclic amines) is 1. The first-order valence-electron chi connectivity index (χ1n) is 10.6. The number of para-hydroxylation sites is 1. The third-order valence-electron chi connectivity index (χ3n) is 5.65. The molecule has 2 aromatic carbocycles. The van der Waals surface area contributed by atoms with Gasteiger partial charge in [-0.15, -0.1) is 0 Å². The van der Waals surface area contributed by atoms with Crippen molar-refractivity contribution in [1.82, 2.24) is 14.9 Å². The van der Waals surface area contributed by atoms with Crippen molar-refractivity contribution in [2.45, 2.75) is 32.1 Å². The fraction of sp³-hybridized carbons (Fsp3) is 0.280. The van der Waals surface area contributed by atoms with Crippen molar-refractivity contribution in [2.24, 2.45) is 0 Å². The van der Waals surface area contributed by atoms with Crippen LogP contribution in [0.5, 0.6) is 0 Å². The maximum atomic E-state index is 12.9. The van der Waals surface area contributed by atoms with Crippen LogP contribution in [0.1, 0.15) is 46.2 Å². The first kappa shape index (κ1) is 20.7. The van der Waals surface area contributed by atoms with E-state index in [2.05, 4.69) is 15.3 Å². The predicted octanol–water partition coefficient (Wildman–Crippen LogP) is 3.99. The number of amides is 2. The van der Waals surface area contributed by atoms with Gasteiger partial charge in [0.15, 0.2) is 0 Å². The zero-order valence-corrected chi connectivity index (χ0v) is 17.6. The Labute approximate surface area is 182 Å². The van der Waals surface area contributed by atoms with Crippen LogP contribution >= 0.6 is 0 Å². The molecule has 0 bridgehead atoms. The summed E-state index contributed by atoms with van der Waals surface area (Å²) in [6.45, 7) is 3.17. The van der Waals surface area contributed by atoms with Crippen molar-refractivity contribution >= 4 is 17.5 Å². The van der Waals surface area contributed by atoms with Gasteiger partial charge in [0.25, 0.3) is 5.91 Å². The summed E-state index contributed by atoms with van der Waals surface area (Å²) in [7, 11) is 0. The van der Waals surface area contributed by atoms with E-state index in [1.54, 1.807) is 6.20 Å². The Morgan fingerprint density at radius 1 is 1.00 bits per heavy atom. The minimum atomic E-state index is -0.205. The molecule has 0 saturated carbocycles. The van der Waals surface area contributed by atoms with Gasteiger partial charge < -0.3 is 10.2 Å². The van der Waals surface area contributed by atoms with Gasteiger partial charge >= 0.3 is 0 Å². The Bertz CT molecular complexity index is 1050. The van der Waals surface area contributed by atoms with E-state index in [1.165, 1.54) is 0 Å². The smallest absolute Gasteiger partial charge is 0.259 e. The van der Waals surface area contributed by atoms with Gasteiger partial charge in [0.05, 0.1) is 17.7 Å². The molecule has 0 spiro atoms. The molecule has 0 radical (unpaired) electrons. The van der Waals surface area contributed by atoms with E-state index >= 15 is 0 Å². The molecule has 31 heavy (non-hydrogen) atoms. The number of benzene rings is 2. The van der Waals surface area contributed by atoms with Crippen LogP contribution in [-0.4, -0.2) is 39.8 Å². The number of hydrogen-bond acceptors (Lipinski definition) is 4. The van der Waals surface area contributed by atoms with Crippen molar-refractivity contribution in [3.05, 3.63) is 89.5 Å². The second-order valence-electron chi connectivity index (χ2n) is 7.85. The molecular weight excluding hydrogens is 388 g/mol. The van der Waals surface area contributed by atoms with E-state index in [-0.39, 0.29) is 17.7 Å². The Morgan fingerprint density at radius 2 is 1.65 bits per heavy atom. The number of carbonyl (C=O) groups is 2. The SMILES string of the molecule is Cc1ncc(C(=O)Nc2ccccc2)c(C2CCN(C(=O)Cc3ccccc3)CC2)n1. The molecule has 4 rings (SSSR count). The fourth-order valence-electron chi connectivity index (χ4n) is 3.98. The van der Waals surface area contributed by atoms with Crippen LogP contribution in [0.4, 0.5) is 5.69 Å². The van der Waals surface area contributed by atoms with Crippen molar-refractivity contribution in [3.63, 3.8) is 0 Å². The summed E-state index contributed by atoms with van der Waals surface area (Å²) < 4.78 is 0. The zero-order chi connectivity index (χ0) is 21.6. The van der Waals surface area contributed by atoms with Gasteiger partial charge in [-0.2, -0.15) is 0 Å². The summed E-state index contributed by atoms with van der Waals surface area (Å²) in [5.74, 6) is 0.710. The Kier molecular flexibility index (Phi) is 6.36. The highest BCUT2D eigenvalue weighted by atomic mass is 16.2. The number of aromatic nitrogens is 2. The van der Waals surface area contributed by atoms with E-state index in [4.69, 9.17) is 0 Å². The van der Waals surface area contributed by atoms with Crippen molar-refractivity contribution in [1.29, 1.82) is 0 Å². The highest BCUT2D eigenvalue weighted by Crippen LogP contribution is 2.29. The number of rotatable bonds is 5. The van der Waals surface area contributed by atoms with Gasteiger partial charge in [-0.3, -0.25) is 9.59 Å². The molecule has 0 unspecified atom stereocenters. The quantitative estimate of drug-likeness (QED) is 0.685. The van der Waals surface area contributed by atoms with E-state index in [0.29, 0.717) is 30.9 Å². The lowest BCUT2D eigenvalue weighted by atomic mass is 9.90. The normalized spacial score (nSPS) is 14.3. The fourth-order valence-corrected chi connectivity index (χ4v) is 3.98. The topological polar surface area (TPSA) is 75.2 Å². The number of piperidine rings is 1. The van der Waals surface area contributed by atoms with E-state index in [0.717, 1.165) is 29.8 Å². The zero-order valence-electron chi connectivity index (χ0n) is 17.6. The van der Waals surface area contributed by atoms with Crippen LogP contribution in [0, 0.1) is 6.92 Å². The second kappa shape index (κ2) is 9.51. The number of nitrogens with one attached hydrogen (secondary N) is 1. The molecule has 1 saturated heterocycles. The molecule has 2 heterocycles. The van der Waals surface area contributed by atoms with Crippen molar-refractivity contribution < 1.29 is 9.59 Å². The van der Waals surface area contributed by atoms with Gasteiger partial charge in [0.1, 0.15) is 5.82 Å². The third-order valence-corrected chi connectivity index (χ3v) is 5.65. The standard InChI is InChI=1S/C25H26N4O2/c1-18-26-17-22(25(31)28-21-10-6-3-7-11-21)24(27-18)20-12-14-29(15-13-20)23(30)16-19-8-4-2-5-9-19/h2-11,17,20H,12-16H2,1H3,(H,28,31). The largest absolute Gasteiger partial charge is 0.342 e. The summed E-state index contributed by atoms with van der Waals surface area (Å²) in [6.07, 6.45) is 3.59. The van der Waals surface area contributed by atoms with E-state index in [1.807, 2.05) is 72.5 Å². The number of aryl methyl sites for hydroxylation is 1. The Hall–Kier alpha value is -3.54. The van der Waals surface area contributed by atoms with Crippen LogP contribution in [0.3, 0.4) is 0 Å². The van der Waals surface area contributed by atoms with Gasteiger partial charge in [0.2, 0.25) is 5.91 Å². The summed E-state index contributed by atoms with van der Waals surface area (Å²) in [4.78, 5) is 36.4. The van der Waals surface area contributed by atoms with E-state index < -0.39 is 0 Å². The molecule has 0 aliphatic carbocycles. The number of anilines is 1. The highest BCUT2D eigenvalue weighted by molar-refractivity contribution is 6.04. The lowest BCUT2D eigenvalue weighted by Crippen LogP contribution is -2.39. The molecule has 1 aliphatic rings. The van der Waals surface area contributed by atoms with Crippen molar-refractivity contribution in [3.8, 4) is 0 Å². The van der Waals surface area contributed by atoms with Gasteiger partial charge in [-0.05, 0) is 37.5 Å². The maximum absolute atomic E-state index is 12.9. The van der Waals surface area contributed by atoms with Crippen LogP contribution < -0.4 is 5.32 Å². The van der Waals surface area contributed by atoms with Crippen LogP contribution in [-0.2, 0) is 11.2 Å². The molecule has 3 aromatic rings. The average Bonchev–Trinajstić information content (AvgIpc) is 2.80. The molecule has 1 aliphatic heterocycles. The second-order valence-corrected chi connectivity index (χ2v) is 7.85. The number of carbonyl (C=O) groups excluding carboxylic acids is 2. The van der Waals surface area contributed by atoms with Crippen LogP contribution in [0.25, 0.3) is 0 Å². The molecule has 1 aromatic heterocycles. The summed E-state index contributed by atoms with van der Waals surface area (Å²) in [6, 6.07) is 19.2. The molecule has 1 N–H and O–H groups in total. The van der Waals surface area contributed by atoms with Gasteiger partial charge in [0, 0.05) is 30.9 Å². The minimum absolute atomic E-state index is 0.124. The molecule has 6 heteroatoms. The molecular formula is C25H26N4O2. The first-order valence-corrected chi connectivity index (χ1v) is 10.6. The Morgan fingerprint density at radius 3 is 2.32 bits per heavy atom. The minimum Gasteiger partial charge on any atom is -0.342 e. The lowest BCUT2D eigenvalue weighted by Gasteiger charge is -2.32. The highest BCUT2D eigenvalue weighted by Gasteiger charge is 2.28. The van der Waals surface area contributed by atoms with Crippen molar-refractivity contribution in [2.75, 3.05) is 18.4 Å². The summed E-state index contributed by atoms with van der Waals surface area (Å²) in [5.41, 5.74) is 3.04. The van der Waals surface area contributed by atoms with Gasteiger partial charge in [-0.25, -0.2) is 9.97 Å². The lowest BCUT2D eigenvalue weighted by molar-refractivity contribution is -0.131. The Balaban J connectivity index is 1.44. The van der Waals surface area contributed by atoms with Crippen LogP contribution in [0.2, 0.25) is 0 Å². The third kappa shape index (κ3) is 5.15. The molecule has 2 amide bonds. The van der Waals surface area contributed by atoms with E-state index in [9.17, 15) is 9.59 Å². The summed E-state index contributed by atoms with van der Waals surface area (Å²) in [5, 5.41) is 2.93. The molecule has 1 fully saturated rings. The summed E-state index contributed by atoms with van der Waals surface area (Å²) >= 11 is 0. The monoisotopic (exact) mass is 414 g/mol. The number of nitrogens with zero attached hydrogens (tertiary/aromatic N) is 3. The predicted molar refractivity (Wildman–Crippen MR) is 120 cm³/mol. The maximum Gasteiger partial charge on any atom is 0.259 e. The average molecular weight is 415 g/mol. The first-order chi connectivity index (χ1) is 15.1. The molecule has 6 nitrogen and oxygen atoms in total. The molecule has 158 valence electrons. The van der Waals surface area contributed by atoms with Crippen LogP contribution in [0.15, 0.2) is 66.9 Å². The van der Waals surface area contributed by atoms with Gasteiger partial charge in [-0.1, -0.05) is 48.5 Å².